The van der Waals surface area contributed by atoms with Crippen LogP contribution in [0, 0.1) is 6.92 Å². The van der Waals surface area contributed by atoms with Crippen LogP contribution in [0.5, 0.6) is 0 Å². The number of nitrogens with one attached hydrogen (secondary N) is 2. The Morgan fingerprint density at radius 2 is 1.92 bits per heavy atom. The molecule has 1 aromatic heterocycles. The monoisotopic (exact) mass is 514 g/mol. The second kappa shape index (κ2) is 8.63. The third kappa shape index (κ3) is 4.28. The first kappa shape index (κ1) is 23.8. The second-order valence-electron chi connectivity index (χ2n) is 8.30. The Kier molecular flexibility index (Phi) is 5.70. The Balaban J connectivity index is 1.53. The van der Waals surface area contributed by atoms with Crippen molar-refractivity contribution in [1.82, 2.24) is 9.97 Å². The van der Waals surface area contributed by atoms with Gasteiger partial charge in [0, 0.05) is 36.6 Å². The highest BCUT2D eigenvalue weighted by molar-refractivity contribution is 7.92. The molecule has 2 aromatic carbocycles. The molecule has 0 atom stereocenters. The predicted molar refractivity (Wildman–Crippen MR) is 133 cm³/mol. The van der Waals surface area contributed by atoms with E-state index in [4.69, 9.17) is 0 Å². The summed E-state index contributed by atoms with van der Waals surface area (Å²) in [5, 5.41) is 2.93. The number of halogens is 3. The first-order valence-corrected chi connectivity index (χ1v) is 12.4. The van der Waals surface area contributed by atoms with Gasteiger partial charge in [-0.1, -0.05) is 12.1 Å². The number of sulfonamides is 1. The van der Waals surface area contributed by atoms with Crippen molar-refractivity contribution in [3.8, 4) is 0 Å². The van der Waals surface area contributed by atoms with Crippen LogP contribution in [0.2, 0.25) is 0 Å². The summed E-state index contributed by atoms with van der Waals surface area (Å²) in [5.41, 5.74) is 2.34. The summed E-state index contributed by atoms with van der Waals surface area (Å²) in [6.45, 7) is 3.10. The second-order valence-corrected chi connectivity index (χ2v) is 9.98. The Bertz CT molecular complexity index is 1530. The van der Waals surface area contributed by atoms with Crippen LogP contribution in [0.15, 0.2) is 58.5 Å². The zero-order valence-corrected chi connectivity index (χ0v) is 20.1. The van der Waals surface area contributed by atoms with Crippen LogP contribution < -0.4 is 14.9 Å². The summed E-state index contributed by atoms with van der Waals surface area (Å²) in [4.78, 5) is 15.0. The topological polar surface area (TPSA) is 99.6 Å². The molecule has 2 N–H and O–H groups in total. The number of rotatable bonds is 5. The zero-order chi connectivity index (χ0) is 25.7. The van der Waals surface area contributed by atoms with Crippen molar-refractivity contribution in [3.63, 3.8) is 0 Å². The van der Waals surface area contributed by atoms with Crippen molar-refractivity contribution in [2.24, 2.45) is 4.99 Å². The van der Waals surface area contributed by atoms with E-state index in [0.717, 1.165) is 46.3 Å². The molecule has 0 spiro atoms. The van der Waals surface area contributed by atoms with E-state index in [-0.39, 0.29) is 5.69 Å². The first-order valence-electron chi connectivity index (χ1n) is 11.0. The molecule has 36 heavy (non-hydrogen) atoms. The molecule has 3 aromatic rings. The van der Waals surface area contributed by atoms with Crippen LogP contribution in [0.1, 0.15) is 22.3 Å². The quantitative estimate of drug-likeness (QED) is 0.523. The van der Waals surface area contributed by atoms with Gasteiger partial charge in [0.05, 0.1) is 17.0 Å². The summed E-state index contributed by atoms with van der Waals surface area (Å²) in [5.74, 6) is 1.93. The van der Waals surface area contributed by atoms with Gasteiger partial charge in [0.25, 0.3) is 10.0 Å². The third-order valence-corrected chi connectivity index (χ3v) is 7.29. The molecular formula is C24H21F3N6O2S. The van der Waals surface area contributed by atoms with Crippen LogP contribution in [0.25, 0.3) is 11.6 Å². The summed E-state index contributed by atoms with van der Waals surface area (Å²) in [7, 11) is -2.53. The number of hydrogen-bond donors (Lipinski definition) is 2. The molecule has 2 aliphatic heterocycles. The molecule has 0 aliphatic carbocycles. The molecule has 0 fully saturated rings. The van der Waals surface area contributed by atoms with E-state index < -0.39 is 26.7 Å². The Morgan fingerprint density at radius 3 is 2.67 bits per heavy atom. The lowest BCUT2D eigenvalue weighted by atomic mass is 9.94. The highest BCUT2D eigenvalue weighted by atomic mass is 32.2. The molecule has 0 amide bonds. The Hall–Kier alpha value is -3.93. The lowest BCUT2D eigenvalue weighted by Gasteiger charge is -2.28. The summed E-state index contributed by atoms with van der Waals surface area (Å²) < 4.78 is 67.5. The van der Waals surface area contributed by atoms with E-state index in [2.05, 4.69) is 25.0 Å². The summed E-state index contributed by atoms with van der Waals surface area (Å²) in [6.07, 6.45) is -1.04. The molecule has 3 heterocycles. The van der Waals surface area contributed by atoms with Gasteiger partial charge in [-0.2, -0.15) is 18.2 Å². The van der Waals surface area contributed by atoms with Gasteiger partial charge < -0.3 is 10.2 Å². The highest BCUT2D eigenvalue weighted by Crippen LogP contribution is 2.37. The fourth-order valence-corrected chi connectivity index (χ4v) is 5.25. The number of aromatic nitrogens is 2. The maximum absolute atomic E-state index is 13.1. The van der Waals surface area contributed by atoms with Gasteiger partial charge in [0.15, 0.2) is 0 Å². The van der Waals surface area contributed by atoms with Crippen LogP contribution >= 0.6 is 0 Å². The minimum atomic E-state index is -4.65. The number of alkyl halides is 3. The van der Waals surface area contributed by atoms with Crippen molar-refractivity contribution in [1.29, 1.82) is 0 Å². The van der Waals surface area contributed by atoms with Crippen molar-refractivity contribution < 1.29 is 21.6 Å². The fourth-order valence-electron chi connectivity index (χ4n) is 4.15. The van der Waals surface area contributed by atoms with E-state index >= 15 is 0 Å². The highest BCUT2D eigenvalue weighted by Gasteiger charge is 2.33. The van der Waals surface area contributed by atoms with Gasteiger partial charge >= 0.3 is 6.18 Å². The normalized spacial score (nSPS) is 15.1. The number of aliphatic imine (C=N–C) groups is 1. The maximum Gasteiger partial charge on any atom is 0.416 e. The van der Waals surface area contributed by atoms with Crippen LogP contribution in [0.4, 0.5) is 30.6 Å². The van der Waals surface area contributed by atoms with E-state index in [1.165, 1.54) is 0 Å². The number of aryl methyl sites for hydroxylation is 1. The van der Waals surface area contributed by atoms with Crippen molar-refractivity contribution in [2.45, 2.75) is 18.0 Å². The average molecular weight is 515 g/mol. The molecule has 0 bridgehead atoms. The first-order chi connectivity index (χ1) is 17.1. The number of fused-ring (bicyclic) bond motifs is 3. The van der Waals surface area contributed by atoms with Crippen LogP contribution in [-0.4, -0.2) is 44.4 Å². The standard InChI is InChI=1S/C24H21F3N6O2S/c1-14-6-7-17(32-36(34,35)18-5-3-4-16(11-18)24(25,26)27)12-19(14)20-10-15-13-30-23(28-2)31-21(15)33-9-8-29-22(20)33/h3-7,10-13,32H,8-9H2,1-2H3,(H,28,30,31). The SMILES string of the molecule is CNc1ncc2c(n1)N1CCN=C1C(c1cc(NS(=O)(=O)c3cccc(C(F)(F)F)c3)ccc1C)=C2. The maximum atomic E-state index is 13.1. The molecule has 0 saturated heterocycles. The number of hydrogen-bond acceptors (Lipinski definition) is 7. The smallest absolute Gasteiger partial charge is 0.357 e. The molecule has 0 radical (unpaired) electrons. The molecule has 5 rings (SSSR count). The number of amidine groups is 1. The molecule has 2 aliphatic rings. The van der Waals surface area contributed by atoms with Crippen molar-refractivity contribution in [2.75, 3.05) is 35.1 Å². The van der Waals surface area contributed by atoms with Crippen molar-refractivity contribution in [3.05, 3.63) is 70.9 Å². The van der Waals surface area contributed by atoms with Gasteiger partial charge in [0.2, 0.25) is 5.95 Å². The molecule has 8 nitrogen and oxygen atoms in total. The lowest BCUT2D eigenvalue weighted by molar-refractivity contribution is -0.137. The van der Waals surface area contributed by atoms with Gasteiger partial charge in [-0.3, -0.25) is 9.71 Å². The Labute approximate surface area is 205 Å². The van der Waals surface area contributed by atoms with Gasteiger partial charge in [0.1, 0.15) is 11.7 Å². The molecule has 0 saturated carbocycles. The fraction of sp³-hybridized carbons (Fsp3) is 0.208. The number of nitrogens with zero attached hydrogens (tertiary/aromatic N) is 4. The van der Waals surface area contributed by atoms with Gasteiger partial charge in [-0.05, 0) is 54.5 Å². The predicted octanol–water partition coefficient (Wildman–Crippen LogP) is 4.42. The van der Waals surface area contributed by atoms with E-state index in [1.54, 1.807) is 31.4 Å². The molecular weight excluding hydrogens is 493 g/mol. The largest absolute Gasteiger partial charge is 0.416 e. The lowest BCUT2D eigenvalue weighted by Crippen LogP contribution is -2.32. The van der Waals surface area contributed by atoms with Crippen LogP contribution in [0.3, 0.4) is 0 Å². The average Bonchev–Trinajstić information content (AvgIpc) is 3.34. The molecule has 186 valence electrons. The summed E-state index contributed by atoms with van der Waals surface area (Å²) >= 11 is 0. The minimum Gasteiger partial charge on any atom is -0.357 e. The van der Waals surface area contributed by atoms with Gasteiger partial charge in [-0.25, -0.2) is 13.4 Å². The molecule has 0 unspecified atom stereocenters. The number of benzene rings is 2. The van der Waals surface area contributed by atoms with E-state index in [1.807, 2.05) is 17.9 Å². The van der Waals surface area contributed by atoms with Crippen molar-refractivity contribution >= 4 is 45.0 Å². The minimum absolute atomic E-state index is 0.214. The zero-order valence-electron chi connectivity index (χ0n) is 19.3. The van der Waals surface area contributed by atoms with Crippen LogP contribution in [-0.2, 0) is 16.2 Å². The van der Waals surface area contributed by atoms with E-state index in [0.29, 0.717) is 30.9 Å². The summed E-state index contributed by atoms with van der Waals surface area (Å²) in [6, 6.07) is 8.60. The Morgan fingerprint density at radius 1 is 1.11 bits per heavy atom. The third-order valence-electron chi connectivity index (χ3n) is 5.91. The molecule has 12 heteroatoms. The number of anilines is 3. The van der Waals surface area contributed by atoms with E-state index in [9.17, 15) is 21.6 Å². The van der Waals surface area contributed by atoms with Gasteiger partial charge in [-0.15, -0.1) is 0 Å².